The van der Waals surface area contributed by atoms with Crippen molar-refractivity contribution in [2.24, 2.45) is 0 Å². The Morgan fingerprint density at radius 1 is 1.25 bits per heavy atom. The first-order valence-corrected chi connectivity index (χ1v) is 5.87. The molecular weight excluding hydrogens is 458 g/mol. The van der Waals surface area contributed by atoms with Gasteiger partial charge in [-0.25, -0.2) is 0 Å². The van der Waals surface area contributed by atoms with E-state index >= 15 is 0 Å². The monoisotopic (exact) mass is 458 g/mol. The van der Waals surface area contributed by atoms with Crippen LogP contribution in [-0.4, -0.2) is 0 Å². The van der Waals surface area contributed by atoms with Crippen molar-refractivity contribution in [1.82, 2.24) is 0 Å². The van der Waals surface area contributed by atoms with Crippen molar-refractivity contribution in [2.75, 3.05) is 0 Å². The van der Waals surface area contributed by atoms with Crippen LogP contribution in [0.25, 0.3) is 0 Å². The summed E-state index contributed by atoms with van der Waals surface area (Å²) in [6.07, 6.45) is 0. The Labute approximate surface area is 55.0 Å². The minimum atomic E-state index is -0.472. The Bertz CT molecular complexity index is 6.00. The Kier molecular flexibility index (Phi) is 20.7. The van der Waals surface area contributed by atoms with Crippen LogP contribution in [0.15, 0.2) is 0 Å². The molecule has 0 aliphatic rings. The van der Waals surface area contributed by atoms with Crippen molar-refractivity contribution in [3.8, 4) is 0 Å². The van der Waals surface area contributed by atoms with Crippen molar-refractivity contribution in [3.05, 3.63) is 0 Å². The normalized spacial score (nSPS) is 5.50. The topological polar surface area (TPSA) is 0 Å². The minimum absolute atomic E-state index is 0. The third-order valence-corrected chi connectivity index (χ3v) is 0. The predicted molar refractivity (Wildman–Crippen MR) is 11.7 cm³/mol. The molecule has 0 bridgehead atoms. The summed E-state index contributed by atoms with van der Waals surface area (Å²) in [5, 5.41) is 0. The predicted octanol–water partition coefficient (Wildman–Crippen LogP) is 1.37. The second-order valence-electron chi connectivity index (χ2n) is 0.0452. The van der Waals surface area contributed by atoms with Crippen molar-refractivity contribution in [3.63, 3.8) is 0 Å². The van der Waals surface area contributed by atoms with E-state index < -0.39 is 16.5 Å². The molecule has 0 amide bonds. The van der Waals surface area contributed by atoms with Gasteiger partial charge in [-0.2, -0.15) is 0 Å². The van der Waals surface area contributed by atoms with E-state index in [1.807, 2.05) is 0 Å². The summed E-state index contributed by atoms with van der Waals surface area (Å²) >= 11 is -0.472. The van der Waals surface area contributed by atoms with Gasteiger partial charge in [0.05, 0.1) is 0 Å². The van der Waals surface area contributed by atoms with Crippen molar-refractivity contribution < 1.29 is 36.6 Å². The van der Waals surface area contributed by atoms with E-state index in [0.717, 1.165) is 0 Å². The number of hydrogen-bond acceptors (Lipinski definition) is 0. The Balaban J connectivity index is 0. The first-order chi connectivity index (χ1) is 1.41. The molecule has 4 heavy (non-hydrogen) atoms. The fourth-order valence-corrected chi connectivity index (χ4v) is 0. The second kappa shape index (κ2) is 8.87. The molecule has 0 aliphatic heterocycles. The van der Waals surface area contributed by atoms with Crippen LogP contribution in [0.4, 0.5) is 0 Å². The molecule has 0 aromatic rings. The molecule has 1 radical (unpaired) electrons. The molecule has 0 aromatic carbocycles. The van der Waals surface area contributed by atoms with Crippen LogP contribution in [0.3, 0.4) is 0 Å². The summed E-state index contributed by atoms with van der Waals surface area (Å²) < 4.78 is 0. The maximum Gasteiger partial charge on any atom is 0 e. The van der Waals surface area contributed by atoms with Gasteiger partial charge in [-0.1, -0.05) is 0 Å². The molecule has 0 saturated carbocycles. The Morgan fingerprint density at radius 3 is 1.25 bits per heavy atom. The smallest absolute Gasteiger partial charge is 0 e. The van der Waals surface area contributed by atoms with Gasteiger partial charge >= 0.3 is 35.3 Å². The van der Waals surface area contributed by atoms with Gasteiger partial charge in [0.2, 0.25) is 0 Å². The zero-order valence-corrected chi connectivity index (χ0v) is 7.58. The Morgan fingerprint density at radius 2 is 1.25 bits per heavy atom. The standard InChI is InChI=1S/2ClH.Ir.Pt/h2*1H;;/q;;;+2/p-2. The van der Waals surface area contributed by atoms with Crippen molar-refractivity contribution in [1.29, 1.82) is 0 Å². The van der Waals surface area contributed by atoms with Gasteiger partial charge in [-0.3, -0.25) is 0 Å². The van der Waals surface area contributed by atoms with Crippen LogP contribution < -0.4 is 0 Å². The molecule has 0 spiro atoms. The zero-order chi connectivity index (χ0) is 2.71. The molecular formula is Cl2IrPt. The van der Waals surface area contributed by atoms with E-state index in [4.69, 9.17) is 18.8 Å². The minimum Gasteiger partial charge on any atom is 0 e. The molecule has 0 fully saturated rings. The average molecular weight is 458 g/mol. The maximum atomic E-state index is 4.88. The summed E-state index contributed by atoms with van der Waals surface area (Å²) in [5.41, 5.74) is 0. The van der Waals surface area contributed by atoms with Gasteiger partial charge in [0.15, 0.2) is 0 Å². The van der Waals surface area contributed by atoms with E-state index in [1.54, 1.807) is 0 Å². The van der Waals surface area contributed by atoms with Crippen LogP contribution in [0.2, 0.25) is 0 Å². The summed E-state index contributed by atoms with van der Waals surface area (Å²) in [6, 6.07) is 0. The van der Waals surface area contributed by atoms with Crippen LogP contribution in [0, 0.1) is 0 Å². The number of rotatable bonds is 0. The van der Waals surface area contributed by atoms with E-state index in [2.05, 4.69) is 0 Å². The van der Waals surface area contributed by atoms with Gasteiger partial charge < -0.3 is 0 Å². The van der Waals surface area contributed by atoms with Crippen LogP contribution in [0.5, 0.6) is 0 Å². The van der Waals surface area contributed by atoms with E-state index in [9.17, 15) is 0 Å². The molecule has 33 valence electrons. The van der Waals surface area contributed by atoms with Crippen molar-refractivity contribution >= 4 is 18.8 Å². The molecule has 0 nitrogen and oxygen atoms in total. The fourth-order valence-electron chi connectivity index (χ4n) is 0. The third kappa shape index (κ3) is 9.07. The molecule has 0 heterocycles. The average Bonchev–Trinajstić information content (AvgIpc) is 0.918. The third-order valence-electron chi connectivity index (χ3n) is 0. The SMILES string of the molecule is [Cl][Pt][Cl].[Ir]. The molecule has 0 unspecified atom stereocenters. The first-order valence-electron chi connectivity index (χ1n) is 0.239. The molecule has 0 aliphatic carbocycles. The number of hydrogen-bond donors (Lipinski definition) is 0. The first kappa shape index (κ1) is 9.32. The molecule has 0 N–H and O–H groups in total. The molecule has 0 rings (SSSR count). The van der Waals surface area contributed by atoms with Gasteiger partial charge in [-0.15, -0.1) is 0 Å². The van der Waals surface area contributed by atoms with Crippen LogP contribution in [-0.2, 0) is 36.6 Å². The van der Waals surface area contributed by atoms with Crippen LogP contribution in [0.1, 0.15) is 0 Å². The maximum absolute atomic E-state index is 4.88. The van der Waals surface area contributed by atoms with Gasteiger partial charge in [0.25, 0.3) is 0 Å². The van der Waals surface area contributed by atoms with Crippen LogP contribution >= 0.6 is 18.8 Å². The quantitative estimate of drug-likeness (QED) is 0.515. The molecule has 0 atom stereocenters. The summed E-state index contributed by atoms with van der Waals surface area (Å²) in [4.78, 5) is 0. The van der Waals surface area contributed by atoms with E-state index in [0.29, 0.717) is 0 Å². The largest absolute Gasteiger partial charge is 0 e. The number of halogens is 2. The fraction of sp³-hybridized carbons (Fsp3) is 0. The molecule has 0 saturated heterocycles. The zero-order valence-electron chi connectivity index (χ0n) is 1.41. The van der Waals surface area contributed by atoms with Gasteiger partial charge in [0.1, 0.15) is 0 Å². The summed E-state index contributed by atoms with van der Waals surface area (Å²) in [5.74, 6) is 0. The van der Waals surface area contributed by atoms with E-state index in [1.165, 1.54) is 0 Å². The summed E-state index contributed by atoms with van der Waals surface area (Å²) in [7, 11) is 9.75. The van der Waals surface area contributed by atoms with Crippen molar-refractivity contribution in [2.45, 2.75) is 0 Å². The summed E-state index contributed by atoms with van der Waals surface area (Å²) in [6.45, 7) is 0. The van der Waals surface area contributed by atoms with Gasteiger partial charge in [-0.05, 0) is 0 Å². The van der Waals surface area contributed by atoms with Gasteiger partial charge in [0, 0.05) is 20.1 Å². The second-order valence-corrected chi connectivity index (χ2v) is 3.33. The molecule has 4 heteroatoms. The van der Waals surface area contributed by atoms with E-state index in [-0.39, 0.29) is 20.1 Å². The molecule has 0 aromatic heterocycles. The Hall–Kier alpha value is 1.92.